The molecule has 0 spiro atoms. The van der Waals surface area contributed by atoms with Gasteiger partial charge in [0.05, 0.1) is 23.7 Å². The number of benzene rings is 1. The van der Waals surface area contributed by atoms with Crippen molar-refractivity contribution in [3.63, 3.8) is 0 Å². The standard InChI is InChI=1S/C14H16F2N2O6S/c15-9-5-8(18-7-11(13(19)20)24-14(18)21)6-10(16)12(9)17-1-3-25(22,23)4-2-17/h5-6,11,22-23H,1-4,7H2,(H,19,20)/t11-/m1/s1. The Morgan fingerprint density at radius 3 is 2.24 bits per heavy atom. The number of amides is 1. The lowest BCUT2D eigenvalue weighted by Crippen LogP contribution is -2.39. The summed E-state index contributed by atoms with van der Waals surface area (Å²) in [6.07, 6.45) is -2.39. The van der Waals surface area contributed by atoms with Crippen LogP contribution in [0.25, 0.3) is 0 Å². The molecule has 138 valence electrons. The number of ether oxygens (including phenoxy) is 1. The molecule has 2 heterocycles. The zero-order valence-corrected chi connectivity index (χ0v) is 13.7. The van der Waals surface area contributed by atoms with Crippen LogP contribution < -0.4 is 9.80 Å². The summed E-state index contributed by atoms with van der Waals surface area (Å²) in [4.78, 5) is 24.8. The van der Waals surface area contributed by atoms with Crippen LogP contribution in [0.15, 0.2) is 12.1 Å². The van der Waals surface area contributed by atoms with Crippen molar-refractivity contribution in [1.29, 1.82) is 0 Å². The molecular formula is C14H16F2N2O6S. The molecule has 2 aliphatic rings. The highest BCUT2D eigenvalue weighted by atomic mass is 32.3. The van der Waals surface area contributed by atoms with Gasteiger partial charge in [-0.3, -0.25) is 14.0 Å². The number of rotatable bonds is 3. The zero-order chi connectivity index (χ0) is 18.4. The molecule has 8 nitrogen and oxygen atoms in total. The molecule has 2 aliphatic heterocycles. The largest absolute Gasteiger partial charge is 0.478 e. The van der Waals surface area contributed by atoms with Crippen LogP contribution in [0.3, 0.4) is 0 Å². The smallest absolute Gasteiger partial charge is 0.415 e. The van der Waals surface area contributed by atoms with Crippen molar-refractivity contribution in [3.8, 4) is 0 Å². The third kappa shape index (κ3) is 3.48. The number of carboxylic acid groups (broad SMARTS) is 1. The van der Waals surface area contributed by atoms with Crippen molar-refractivity contribution in [2.75, 3.05) is 40.9 Å². The minimum absolute atomic E-state index is 0.0202. The van der Waals surface area contributed by atoms with Crippen LogP contribution in [0.4, 0.5) is 25.0 Å². The summed E-state index contributed by atoms with van der Waals surface area (Å²) in [6, 6.07) is 1.85. The predicted molar refractivity (Wildman–Crippen MR) is 86.4 cm³/mol. The number of carbonyl (C=O) groups is 2. The topological polar surface area (TPSA) is 111 Å². The fourth-order valence-electron chi connectivity index (χ4n) is 2.76. The zero-order valence-electron chi connectivity index (χ0n) is 12.9. The number of anilines is 2. The Balaban J connectivity index is 1.84. The van der Waals surface area contributed by atoms with Gasteiger partial charge in [-0.15, -0.1) is 0 Å². The maximum Gasteiger partial charge on any atom is 0.415 e. The van der Waals surface area contributed by atoms with E-state index in [4.69, 9.17) is 5.11 Å². The van der Waals surface area contributed by atoms with Gasteiger partial charge >= 0.3 is 12.1 Å². The van der Waals surface area contributed by atoms with Crippen LogP contribution in [0.1, 0.15) is 0 Å². The van der Waals surface area contributed by atoms with Gasteiger partial charge in [-0.25, -0.2) is 18.4 Å². The average molecular weight is 378 g/mol. The van der Waals surface area contributed by atoms with Crippen molar-refractivity contribution in [3.05, 3.63) is 23.8 Å². The van der Waals surface area contributed by atoms with Gasteiger partial charge in [-0.1, -0.05) is 0 Å². The van der Waals surface area contributed by atoms with Crippen LogP contribution in [-0.2, 0) is 9.53 Å². The SMILES string of the molecule is O=C(O)[C@H]1CN(c2cc(F)c(N3CCS(O)(O)CC3)c(F)c2)C(=O)O1. The summed E-state index contributed by atoms with van der Waals surface area (Å²) in [5.41, 5.74) is -0.463. The Bertz CT molecular complexity index is 698. The number of hydrogen-bond donors (Lipinski definition) is 3. The molecule has 11 heteroatoms. The van der Waals surface area contributed by atoms with E-state index in [1.165, 1.54) is 4.90 Å². The number of hydrogen-bond acceptors (Lipinski definition) is 6. The van der Waals surface area contributed by atoms with E-state index in [0.29, 0.717) is 0 Å². The van der Waals surface area contributed by atoms with E-state index in [0.717, 1.165) is 17.0 Å². The van der Waals surface area contributed by atoms with E-state index >= 15 is 0 Å². The third-order valence-electron chi connectivity index (χ3n) is 4.09. The summed E-state index contributed by atoms with van der Waals surface area (Å²) < 4.78 is 52.6. The fraction of sp³-hybridized carbons (Fsp3) is 0.429. The van der Waals surface area contributed by atoms with E-state index < -0.39 is 40.4 Å². The second-order valence-electron chi connectivity index (χ2n) is 5.78. The van der Waals surface area contributed by atoms with Gasteiger partial charge in [-0.2, -0.15) is 10.6 Å². The summed E-state index contributed by atoms with van der Waals surface area (Å²) >= 11 is 0. The Labute approximate surface area is 142 Å². The highest BCUT2D eigenvalue weighted by Gasteiger charge is 2.38. The van der Waals surface area contributed by atoms with Gasteiger partial charge in [-0.05, 0) is 0 Å². The molecule has 1 aromatic rings. The Morgan fingerprint density at radius 2 is 1.76 bits per heavy atom. The molecule has 2 fully saturated rings. The fourth-order valence-corrected chi connectivity index (χ4v) is 3.99. The first-order valence-corrected chi connectivity index (χ1v) is 9.25. The van der Waals surface area contributed by atoms with Crippen molar-refractivity contribution < 1.29 is 37.3 Å². The lowest BCUT2D eigenvalue weighted by atomic mass is 10.2. The second kappa shape index (κ2) is 6.32. The Kier molecular flexibility index (Phi) is 4.47. The molecule has 0 aliphatic carbocycles. The predicted octanol–water partition coefficient (Wildman–Crippen LogP) is 1.95. The van der Waals surface area contributed by atoms with Crippen LogP contribution in [-0.4, -0.2) is 63.5 Å². The van der Waals surface area contributed by atoms with Crippen molar-refractivity contribution in [2.24, 2.45) is 0 Å². The number of halogens is 2. The minimum atomic E-state index is -2.70. The van der Waals surface area contributed by atoms with E-state index in [-0.39, 0.29) is 42.5 Å². The van der Waals surface area contributed by atoms with Crippen molar-refractivity contribution in [2.45, 2.75) is 6.10 Å². The van der Waals surface area contributed by atoms with Crippen LogP contribution >= 0.6 is 10.6 Å². The molecule has 0 bridgehead atoms. The highest BCUT2D eigenvalue weighted by molar-refractivity contribution is 8.24. The van der Waals surface area contributed by atoms with Crippen molar-refractivity contribution in [1.82, 2.24) is 0 Å². The minimum Gasteiger partial charge on any atom is -0.478 e. The average Bonchev–Trinajstić information content (AvgIpc) is 2.90. The van der Waals surface area contributed by atoms with Gasteiger partial charge in [0.2, 0.25) is 6.10 Å². The summed E-state index contributed by atoms with van der Waals surface area (Å²) in [6.45, 7) is -0.179. The Morgan fingerprint density at radius 1 is 1.20 bits per heavy atom. The highest BCUT2D eigenvalue weighted by Crippen LogP contribution is 2.42. The normalized spacial score (nSPS) is 24.2. The summed E-state index contributed by atoms with van der Waals surface area (Å²) in [5.74, 6) is -3.17. The molecule has 1 amide bonds. The first-order valence-electron chi connectivity index (χ1n) is 7.36. The molecule has 0 unspecified atom stereocenters. The first-order chi connectivity index (χ1) is 11.7. The number of cyclic esters (lactones) is 1. The van der Waals surface area contributed by atoms with Crippen LogP contribution in [0.2, 0.25) is 0 Å². The van der Waals surface area contributed by atoms with Gasteiger partial charge < -0.3 is 14.7 Å². The van der Waals surface area contributed by atoms with Gasteiger partial charge in [0.25, 0.3) is 0 Å². The number of aliphatic carboxylic acids is 1. The molecule has 1 atom stereocenters. The van der Waals surface area contributed by atoms with Crippen LogP contribution in [0, 0.1) is 11.6 Å². The second-order valence-corrected chi connectivity index (χ2v) is 8.20. The molecule has 3 N–H and O–H groups in total. The maximum atomic E-state index is 14.4. The maximum absolute atomic E-state index is 14.4. The third-order valence-corrected chi connectivity index (χ3v) is 5.77. The van der Waals surface area contributed by atoms with E-state index in [2.05, 4.69) is 4.74 Å². The molecule has 3 rings (SSSR count). The molecule has 0 radical (unpaired) electrons. The lowest BCUT2D eigenvalue weighted by Gasteiger charge is -2.42. The van der Waals surface area contributed by atoms with Gasteiger partial charge in [0, 0.05) is 25.2 Å². The lowest BCUT2D eigenvalue weighted by molar-refractivity contribution is -0.144. The number of carboxylic acids is 1. The van der Waals surface area contributed by atoms with E-state index in [1.807, 2.05) is 0 Å². The monoisotopic (exact) mass is 378 g/mol. The molecule has 1 aromatic carbocycles. The molecule has 0 saturated carbocycles. The van der Waals surface area contributed by atoms with Gasteiger partial charge in [0.1, 0.15) is 5.69 Å². The summed E-state index contributed by atoms with van der Waals surface area (Å²) in [7, 11) is -2.70. The Hall–Kier alpha value is -2.11. The van der Waals surface area contributed by atoms with E-state index in [1.54, 1.807) is 0 Å². The number of nitrogens with zero attached hydrogens (tertiary/aromatic N) is 2. The van der Waals surface area contributed by atoms with E-state index in [9.17, 15) is 27.5 Å². The molecule has 25 heavy (non-hydrogen) atoms. The summed E-state index contributed by atoms with van der Waals surface area (Å²) in [5, 5.41) is 8.86. The van der Waals surface area contributed by atoms with Gasteiger partial charge in [0.15, 0.2) is 11.6 Å². The molecule has 0 aromatic heterocycles. The quantitative estimate of drug-likeness (QED) is 0.737. The van der Waals surface area contributed by atoms with Crippen LogP contribution in [0.5, 0.6) is 0 Å². The molecule has 2 saturated heterocycles. The van der Waals surface area contributed by atoms with Crippen molar-refractivity contribution >= 4 is 34.0 Å². The number of carbonyl (C=O) groups excluding carboxylic acids is 1. The first kappa shape index (κ1) is 17.7. The molecular weight excluding hydrogens is 362 g/mol.